The summed E-state index contributed by atoms with van der Waals surface area (Å²) in [7, 11) is 0. The summed E-state index contributed by atoms with van der Waals surface area (Å²) in [5, 5.41) is 2.12. The first-order valence-corrected chi connectivity index (χ1v) is 11.2. The second kappa shape index (κ2) is 10.0. The van der Waals surface area contributed by atoms with Crippen molar-refractivity contribution in [2.75, 3.05) is 6.54 Å². The molecule has 0 unspecified atom stereocenters. The lowest BCUT2D eigenvalue weighted by molar-refractivity contribution is -0.134. The van der Waals surface area contributed by atoms with Gasteiger partial charge in [0.05, 0.1) is 0 Å². The van der Waals surface area contributed by atoms with E-state index < -0.39 is 23.1 Å². The molecule has 7 heteroatoms. The van der Waals surface area contributed by atoms with Crippen molar-refractivity contribution in [1.29, 1.82) is 0 Å². The quantitative estimate of drug-likeness (QED) is 0.734. The zero-order valence-electron chi connectivity index (χ0n) is 18.0. The predicted molar refractivity (Wildman–Crippen MR) is 121 cm³/mol. The minimum absolute atomic E-state index is 0.0120. The van der Waals surface area contributed by atoms with Crippen LogP contribution >= 0.6 is 11.8 Å². The van der Waals surface area contributed by atoms with Crippen LogP contribution in [0.1, 0.15) is 32.8 Å². The Balaban J connectivity index is 1.79. The maximum atomic E-state index is 13.5. The van der Waals surface area contributed by atoms with Crippen LogP contribution in [0.4, 0.5) is 4.79 Å². The van der Waals surface area contributed by atoms with Crippen LogP contribution in [-0.4, -0.2) is 46.2 Å². The number of hydrogen-bond donors (Lipinski definition) is 1. The lowest BCUT2D eigenvalue weighted by atomic mass is 10.0. The molecule has 2 aromatic carbocycles. The van der Waals surface area contributed by atoms with Gasteiger partial charge in [0.15, 0.2) is 5.78 Å². The van der Waals surface area contributed by atoms with Crippen LogP contribution in [0.15, 0.2) is 65.6 Å². The lowest BCUT2D eigenvalue weighted by Crippen LogP contribution is -2.52. The van der Waals surface area contributed by atoms with Gasteiger partial charge in [0.2, 0.25) is 5.91 Å². The summed E-state index contributed by atoms with van der Waals surface area (Å²) >= 11 is 1.36. The minimum atomic E-state index is -0.831. The molecule has 1 aliphatic heterocycles. The summed E-state index contributed by atoms with van der Waals surface area (Å²) in [5.41, 5.74) is 0.231. The lowest BCUT2D eigenvalue weighted by Gasteiger charge is -2.29. The van der Waals surface area contributed by atoms with Crippen LogP contribution in [0.2, 0.25) is 0 Å². The number of carbonyl (C=O) groups is 3. The molecule has 1 N–H and O–H groups in total. The molecule has 31 heavy (non-hydrogen) atoms. The highest BCUT2D eigenvalue weighted by Gasteiger charge is 2.39. The molecule has 2 aromatic rings. The normalized spacial score (nSPS) is 17.3. The molecule has 1 saturated heterocycles. The number of carbonyl (C=O) groups excluding carboxylic acids is 3. The molecule has 1 heterocycles. The highest BCUT2D eigenvalue weighted by Crippen LogP contribution is 2.31. The van der Waals surface area contributed by atoms with Gasteiger partial charge >= 0.3 is 6.09 Å². The Morgan fingerprint density at radius 2 is 1.71 bits per heavy atom. The average Bonchev–Trinajstić information content (AvgIpc) is 3.07. The zero-order valence-corrected chi connectivity index (χ0v) is 18.9. The molecule has 2 atom stereocenters. The maximum Gasteiger partial charge on any atom is 0.408 e. The number of amides is 2. The van der Waals surface area contributed by atoms with Gasteiger partial charge < -0.3 is 15.0 Å². The Labute approximate surface area is 187 Å². The fraction of sp³-hybridized carbons (Fsp3) is 0.375. The molecule has 3 rings (SSSR count). The monoisotopic (exact) mass is 440 g/mol. The van der Waals surface area contributed by atoms with Gasteiger partial charge in [-0.25, -0.2) is 4.79 Å². The number of thioether (sulfide) groups is 1. The summed E-state index contributed by atoms with van der Waals surface area (Å²) in [4.78, 5) is 41.0. The van der Waals surface area contributed by atoms with Crippen molar-refractivity contribution in [3.63, 3.8) is 0 Å². The van der Waals surface area contributed by atoms with Crippen LogP contribution in [0.3, 0.4) is 0 Å². The zero-order chi connectivity index (χ0) is 22.4. The third kappa shape index (κ3) is 6.59. The Bertz CT molecular complexity index is 912. The number of ketones is 1. The molecule has 0 aliphatic carbocycles. The van der Waals surface area contributed by atoms with E-state index in [2.05, 4.69) is 5.32 Å². The SMILES string of the molecule is CC(C)(C)OC(=O)N[C@H](Cc1ccccc1)C(=O)N1CCC(=O)[C@@H]1Sc1ccccc1. The molecule has 0 spiro atoms. The Morgan fingerprint density at radius 3 is 2.32 bits per heavy atom. The van der Waals surface area contributed by atoms with Crippen LogP contribution < -0.4 is 5.32 Å². The van der Waals surface area contributed by atoms with Crippen LogP contribution in [0.5, 0.6) is 0 Å². The van der Waals surface area contributed by atoms with Crippen LogP contribution in [0.25, 0.3) is 0 Å². The number of ether oxygens (including phenoxy) is 1. The summed E-state index contributed by atoms with van der Waals surface area (Å²) < 4.78 is 5.37. The van der Waals surface area contributed by atoms with E-state index in [1.54, 1.807) is 25.7 Å². The first-order chi connectivity index (χ1) is 14.7. The molecule has 0 saturated carbocycles. The average molecular weight is 441 g/mol. The van der Waals surface area contributed by atoms with E-state index in [1.807, 2.05) is 60.7 Å². The topological polar surface area (TPSA) is 75.7 Å². The van der Waals surface area contributed by atoms with E-state index in [9.17, 15) is 14.4 Å². The fourth-order valence-corrected chi connectivity index (χ4v) is 4.49. The third-order valence-electron chi connectivity index (χ3n) is 4.70. The van der Waals surface area contributed by atoms with Gasteiger partial charge in [-0.2, -0.15) is 0 Å². The number of benzene rings is 2. The van der Waals surface area contributed by atoms with Crippen molar-refractivity contribution in [3.8, 4) is 0 Å². The first kappa shape index (κ1) is 22.9. The van der Waals surface area contributed by atoms with Gasteiger partial charge in [-0.3, -0.25) is 9.59 Å². The van der Waals surface area contributed by atoms with Crippen molar-refractivity contribution in [2.45, 2.75) is 55.5 Å². The van der Waals surface area contributed by atoms with Crippen molar-refractivity contribution >= 4 is 29.5 Å². The van der Waals surface area contributed by atoms with Crippen molar-refractivity contribution in [1.82, 2.24) is 10.2 Å². The molecule has 2 amide bonds. The van der Waals surface area contributed by atoms with Gasteiger partial charge in [0.25, 0.3) is 0 Å². The Hall–Kier alpha value is -2.80. The number of rotatable bonds is 6. The van der Waals surface area contributed by atoms with Gasteiger partial charge in [-0.05, 0) is 38.5 Å². The largest absolute Gasteiger partial charge is 0.444 e. The molecular weight excluding hydrogens is 412 g/mol. The number of alkyl carbamates (subject to hydrolysis) is 1. The second-order valence-electron chi connectivity index (χ2n) is 8.42. The number of nitrogens with zero attached hydrogens (tertiary/aromatic N) is 1. The Kier molecular flexibility index (Phi) is 7.38. The summed E-state index contributed by atoms with van der Waals surface area (Å²) in [6.45, 7) is 5.65. The standard InChI is InChI=1S/C24H28N2O4S/c1-24(2,3)30-23(29)25-19(16-17-10-6-4-7-11-17)21(28)26-15-14-20(27)22(26)31-18-12-8-5-9-13-18/h4-13,19,22H,14-16H2,1-3H3,(H,25,29)/t19-,22+/m1/s1. The summed E-state index contributed by atoms with van der Waals surface area (Å²) in [6.07, 6.45) is -0.0351. The number of Topliss-reactive ketones (excluding diaryl/α,β-unsaturated/α-hetero) is 1. The van der Waals surface area contributed by atoms with E-state index in [1.165, 1.54) is 11.8 Å². The molecule has 0 bridgehead atoms. The number of hydrogen-bond acceptors (Lipinski definition) is 5. The van der Waals surface area contributed by atoms with Crippen molar-refractivity contribution in [3.05, 3.63) is 66.2 Å². The highest BCUT2D eigenvalue weighted by atomic mass is 32.2. The van der Waals surface area contributed by atoms with E-state index in [0.29, 0.717) is 19.4 Å². The summed E-state index contributed by atoms with van der Waals surface area (Å²) in [6, 6.07) is 18.2. The molecule has 6 nitrogen and oxygen atoms in total. The van der Waals surface area contributed by atoms with E-state index in [4.69, 9.17) is 4.74 Å². The number of likely N-dealkylation sites (tertiary alicyclic amines) is 1. The predicted octanol–water partition coefficient (Wildman–Crippen LogP) is 4.04. The third-order valence-corrected chi connectivity index (χ3v) is 5.99. The van der Waals surface area contributed by atoms with E-state index >= 15 is 0 Å². The maximum absolute atomic E-state index is 13.5. The smallest absolute Gasteiger partial charge is 0.408 e. The highest BCUT2D eigenvalue weighted by molar-refractivity contribution is 8.00. The summed E-state index contributed by atoms with van der Waals surface area (Å²) in [5.74, 6) is -0.271. The van der Waals surface area contributed by atoms with Gasteiger partial charge in [-0.1, -0.05) is 60.3 Å². The molecule has 1 aliphatic rings. The molecule has 0 aromatic heterocycles. The van der Waals surface area contributed by atoms with Gasteiger partial charge in [0, 0.05) is 24.3 Å². The molecule has 164 valence electrons. The molecular formula is C24H28N2O4S. The molecule has 0 radical (unpaired) electrons. The van der Waals surface area contributed by atoms with Gasteiger partial charge in [0.1, 0.15) is 17.0 Å². The van der Waals surface area contributed by atoms with Gasteiger partial charge in [-0.15, -0.1) is 0 Å². The van der Waals surface area contributed by atoms with Crippen molar-refractivity contribution < 1.29 is 19.1 Å². The molecule has 1 fully saturated rings. The van der Waals surface area contributed by atoms with E-state index in [0.717, 1.165) is 10.5 Å². The van der Waals surface area contributed by atoms with Crippen LogP contribution in [-0.2, 0) is 20.7 Å². The van der Waals surface area contributed by atoms with E-state index in [-0.39, 0.29) is 11.7 Å². The Morgan fingerprint density at radius 1 is 1.10 bits per heavy atom. The second-order valence-corrected chi connectivity index (χ2v) is 9.57. The first-order valence-electron chi connectivity index (χ1n) is 10.3. The fourth-order valence-electron chi connectivity index (χ4n) is 3.33. The van der Waals surface area contributed by atoms with Crippen molar-refractivity contribution in [2.24, 2.45) is 0 Å². The minimum Gasteiger partial charge on any atom is -0.444 e. The number of nitrogens with one attached hydrogen (secondary N) is 1. The van der Waals surface area contributed by atoms with Crippen LogP contribution in [0, 0.1) is 0 Å².